The van der Waals surface area contributed by atoms with Crippen molar-refractivity contribution >= 4 is 41.0 Å². The van der Waals surface area contributed by atoms with Crippen molar-refractivity contribution in [1.82, 2.24) is 10.2 Å². The number of halogens is 2. The standard InChI is InChI=1S/C16H18Cl2N2O5/c1-9(19-15(23)11-3-2-4-12(17)14(11)18)16(24)20-5-6-25-10(8-20)7-13(21)22/h2-4,9-10H,5-8H2,1H3,(H,19,23)(H,21,22). The van der Waals surface area contributed by atoms with E-state index in [1.165, 1.54) is 11.0 Å². The van der Waals surface area contributed by atoms with E-state index in [1.807, 2.05) is 0 Å². The summed E-state index contributed by atoms with van der Waals surface area (Å²) in [4.78, 5) is 37.1. The van der Waals surface area contributed by atoms with Crippen molar-refractivity contribution in [3.05, 3.63) is 33.8 Å². The van der Waals surface area contributed by atoms with Crippen LogP contribution < -0.4 is 5.32 Å². The second-order valence-corrected chi connectivity index (χ2v) is 6.46. The summed E-state index contributed by atoms with van der Waals surface area (Å²) in [6.45, 7) is 2.32. The average molecular weight is 389 g/mol. The molecule has 2 unspecified atom stereocenters. The van der Waals surface area contributed by atoms with Crippen molar-refractivity contribution in [2.75, 3.05) is 19.7 Å². The molecule has 1 aliphatic heterocycles. The SMILES string of the molecule is CC(NC(=O)c1cccc(Cl)c1Cl)C(=O)N1CCOC(CC(=O)O)C1. The molecule has 2 atom stereocenters. The first-order valence-corrected chi connectivity index (χ1v) is 8.42. The fraction of sp³-hybridized carbons (Fsp3) is 0.438. The summed E-state index contributed by atoms with van der Waals surface area (Å²) in [5.74, 6) is -1.81. The van der Waals surface area contributed by atoms with Crippen LogP contribution in [0, 0.1) is 0 Å². The first-order chi connectivity index (χ1) is 11.8. The van der Waals surface area contributed by atoms with Crippen LogP contribution in [0.15, 0.2) is 18.2 Å². The van der Waals surface area contributed by atoms with E-state index in [0.717, 1.165) is 0 Å². The Labute approximate surface area is 154 Å². The molecular weight excluding hydrogens is 371 g/mol. The largest absolute Gasteiger partial charge is 0.481 e. The highest BCUT2D eigenvalue weighted by atomic mass is 35.5. The highest BCUT2D eigenvalue weighted by Crippen LogP contribution is 2.25. The molecule has 0 spiro atoms. The fourth-order valence-corrected chi connectivity index (χ4v) is 2.91. The Morgan fingerprint density at radius 2 is 2.12 bits per heavy atom. The molecule has 1 aliphatic rings. The highest BCUT2D eigenvalue weighted by molar-refractivity contribution is 6.43. The summed E-state index contributed by atoms with van der Waals surface area (Å²) in [7, 11) is 0. The Bertz CT molecular complexity index is 682. The third kappa shape index (κ3) is 5.07. The molecule has 0 aliphatic carbocycles. The number of aliphatic carboxylic acids is 1. The smallest absolute Gasteiger partial charge is 0.306 e. The third-order valence-electron chi connectivity index (χ3n) is 3.77. The number of hydrogen-bond acceptors (Lipinski definition) is 4. The molecule has 1 heterocycles. The molecule has 7 nitrogen and oxygen atoms in total. The molecule has 25 heavy (non-hydrogen) atoms. The van der Waals surface area contributed by atoms with Crippen molar-refractivity contribution in [2.45, 2.75) is 25.5 Å². The predicted molar refractivity (Wildman–Crippen MR) is 92.0 cm³/mol. The Hall–Kier alpha value is -1.83. The van der Waals surface area contributed by atoms with E-state index in [4.69, 9.17) is 33.0 Å². The molecule has 0 aromatic heterocycles. The summed E-state index contributed by atoms with van der Waals surface area (Å²) in [6, 6.07) is 3.86. The van der Waals surface area contributed by atoms with Crippen LogP contribution in [0.4, 0.5) is 0 Å². The van der Waals surface area contributed by atoms with Gasteiger partial charge in [0.15, 0.2) is 0 Å². The van der Waals surface area contributed by atoms with Crippen LogP contribution in [-0.2, 0) is 14.3 Å². The molecule has 2 amide bonds. The number of amides is 2. The van der Waals surface area contributed by atoms with Gasteiger partial charge in [0.05, 0.1) is 34.7 Å². The molecule has 9 heteroatoms. The van der Waals surface area contributed by atoms with E-state index < -0.39 is 24.0 Å². The lowest BCUT2D eigenvalue weighted by atomic mass is 10.1. The number of morpholine rings is 1. The van der Waals surface area contributed by atoms with Crippen molar-refractivity contribution in [1.29, 1.82) is 0 Å². The van der Waals surface area contributed by atoms with Crippen molar-refractivity contribution in [3.63, 3.8) is 0 Å². The van der Waals surface area contributed by atoms with Gasteiger partial charge in [0.2, 0.25) is 5.91 Å². The number of hydrogen-bond donors (Lipinski definition) is 2. The molecule has 2 N–H and O–H groups in total. The average Bonchev–Trinajstić information content (AvgIpc) is 2.56. The van der Waals surface area contributed by atoms with Gasteiger partial charge in [-0.15, -0.1) is 0 Å². The number of ether oxygens (including phenoxy) is 1. The number of carbonyl (C=O) groups excluding carboxylic acids is 2. The fourth-order valence-electron chi connectivity index (χ4n) is 2.53. The van der Waals surface area contributed by atoms with E-state index >= 15 is 0 Å². The van der Waals surface area contributed by atoms with Crippen LogP contribution in [0.3, 0.4) is 0 Å². The van der Waals surface area contributed by atoms with E-state index in [0.29, 0.717) is 6.54 Å². The van der Waals surface area contributed by atoms with Gasteiger partial charge in [-0.3, -0.25) is 14.4 Å². The minimum absolute atomic E-state index is 0.120. The van der Waals surface area contributed by atoms with Gasteiger partial charge in [0.25, 0.3) is 5.91 Å². The molecule has 1 fully saturated rings. The Morgan fingerprint density at radius 3 is 2.80 bits per heavy atom. The number of rotatable bonds is 5. The maximum absolute atomic E-state index is 12.5. The first kappa shape index (κ1) is 19.5. The maximum Gasteiger partial charge on any atom is 0.306 e. The Kier molecular flexibility index (Phi) is 6.64. The summed E-state index contributed by atoms with van der Waals surface area (Å²) in [5.41, 5.74) is 0.180. The minimum atomic E-state index is -0.990. The van der Waals surface area contributed by atoms with Crippen LogP contribution >= 0.6 is 23.2 Å². The predicted octanol–water partition coefficient (Wildman–Crippen LogP) is 1.81. The number of carboxylic acid groups (broad SMARTS) is 1. The first-order valence-electron chi connectivity index (χ1n) is 7.66. The molecule has 1 aromatic rings. The molecular formula is C16H18Cl2N2O5. The number of carboxylic acids is 1. The molecule has 1 aromatic carbocycles. The van der Waals surface area contributed by atoms with Gasteiger partial charge in [-0.25, -0.2) is 0 Å². The van der Waals surface area contributed by atoms with E-state index in [2.05, 4.69) is 5.32 Å². The van der Waals surface area contributed by atoms with Crippen LogP contribution in [0.5, 0.6) is 0 Å². The monoisotopic (exact) mass is 388 g/mol. The van der Waals surface area contributed by atoms with Gasteiger partial charge >= 0.3 is 5.97 Å². The second-order valence-electron chi connectivity index (χ2n) is 5.67. The summed E-state index contributed by atoms with van der Waals surface area (Å²) < 4.78 is 5.33. The lowest BCUT2D eigenvalue weighted by Gasteiger charge is -2.34. The van der Waals surface area contributed by atoms with Gasteiger partial charge in [-0.2, -0.15) is 0 Å². The Balaban J connectivity index is 1.98. The van der Waals surface area contributed by atoms with Crippen molar-refractivity contribution in [2.24, 2.45) is 0 Å². The number of nitrogens with zero attached hydrogens (tertiary/aromatic N) is 1. The zero-order valence-electron chi connectivity index (χ0n) is 13.5. The lowest BCUT2D eigenvalue weighted by molar-refractivity contribution is -0.148. The number of benzene rings is 1. The van der Waals surface area contributed by atoms with Crippen LogP contribution in [0.2, 0.25) is 10.0 Å². The molecule has 1 saturated heterocycles. The van der Waals surface area contributed by atoms with E-state index in [9.17, 15) is 14.4 Å². The van der Waals surface area contributed by atoms with Gasteiger partial charge < -0.3 is 20.1 Å². The normalized spacial score (nSPS) is 18.5. The molecule has 136 valence electrons. The van der Waals surface area contributed by atoms with Crippen molar-refractivity contribution in [3.8, 4) is 0 Å². The molecule has 2 rings (SSSR count). The van der Waals surface area contributed by atoms with E-state index in [1.54, 1.807) is 19.1 Å². The zero-order valence-corrected chi connectivity index (χ0v) is 15.0. The lowest BCUT2D eigenvalue weighted by Crippen LogP contribution is -2.53. The van der Waals surface area contributed by atoms with Gasteiger partial charge in [-0.1, -0.05) is 29.3 Å². The molecule has 0 radical (unpaired) electrons. The maximum atomic E-state index is 12.5. The highest BCUT2D eigenvalue weighted by Gasteiger charge is 2.29. The van der Waals surface area contributed by atoms with E-state index in [-0.39, 0.29) is 41.1 Å². The Morgan fingerprint density at radius 1 is 1.40 bits per heavy atom. The molecule has 0 bridgehead atoms. The van der Waals surface area contributed by atoms with Gasteiger partial charge in [0, 0.05) is 13.1 Å². The number of nitrogens with one attached hydrogen (secondary N) is 1. The van der Waals surface area contributed by atoms with Crippen LogP contribution in [0.25, 0.3) is 0 Å². The summed E-state index contributed by atoms with van der Waals surface area (Å²) in [5, 5.41) is 11.8. The summed E-state index contributed by atoms with van der Waals surface area (Å²) in [6.07, 6.45) is -0.733. The minimum Gasteiger partial charge on any atom is -0.481 e. The van der Waals surface area contributed by atoms with Crippen LogP contribution in [-0.4, -0.2) is 59.6 Å². The second kappa shape index (κ2) is 8.51. The summed E-state index contributed by atoms with van der Waals surface area (Å²) >= 11 is 11.9. The quantitative estimate of drug-likeness (QED) is 0.801. The van der Waals surface area contributed by atoms with Crippen molar-refractivity contribution < 1.29 is 24.2 Å². The molecule has 0 saturated carbocycles. The zero-order chi connectivity index (χ0) is 18.6. The topological polar surface area (TPSA) is 95.9 Å². The van der Waals surface area contributed by atoms with Crippen LogP contribution in [0.1, 0.15) is 23.7 Å². The van der Waals surface area contributed by atoms with Gasteiger partial charge in [0.1, 0.15) is 6.04 Å². The van der Waals surface area contributed by atoms with Gasteiger partial charge in [-0.05, 0) is 19.1 Å². The third-order valence-corrected chi connectivity index (χ3v) is 4.59. The number of carbonyl (C=O) groups is 3.